The number of nitrogens with two attached hydrogens (primary N) is 6. The number of ether oxygens (including phenoxy) is 6. The zero-order valence-corrected chi connectivity index (χ0v) is 70.4. The Morgan fingerprint density at radius 1 is 0.390 bits per heavy atom. The minimum absolute atomic E-state index is 0.179. The molecule has 4 aliphatic rings. The van der Waals surface area contributed by atoms with Crippen LogP contribution in [0.15, 0.2) is 20.4 Å². The summed E-state index contributed by atoms with van der Waals surface area (Å²) in [6.45, 7) is 28.7. The van der Waals surface area contributed by atoms with E-state index in [2.05, 4.69) is 52.3 Å². The number of hydrogen-bond acceptors (Lipinski definition) is 26. The molecule has 4 saturated heterocycles. The van der Waals surface area contributed by atoms with Crippen molar-refractivity contribution in [1.82, 2.24) is 51.5 Å². The molecule has 4 rings (SSSR count). The Morgan fingerprint density at radius 3 is 0.805 bits per heavy atom. The molecular formula is C70H128N24O24. The van der Waals surface area contributed by atoms with Crippen molar-refractivity contribution in [3.05, 3.63) is 40.5 Å². The maximum Gasteiger partial charge on any atom is 0.408 e. The maximum absolute atomic E-state index is 13.4. The second kappa shape index (κ2) is 54.0. The van der Waals surface area contributed by atoms with Crippen molar-refractivity contribution in [2.45, 2.75) is 259 Å². The van der Waals surface area contributed by atoms with E-state index in [9.17, 15) is 88.4 Å². The minimum atomic E-state index is -0.972. The van der Waals surface area contributed by atoms with E-state index in [4.69, 9.17) is 62.8 Å². The van der Waals surface area contributed by atoms with Crippen LogP contribution in [0.5, 0.6) is 0 Å². The Balaban J connectivity index is 0.000000792. The molecule has 48 nitrogen and oxygen atoms in total. The molecule has 0 aliphatic carbocycles. The summed E-state index contributed by atoms with van der Waals surface area (Å²) in [6, 6.07) is -6.14. The summed E-state index contributed by atoms with van der Waals surface area (Å²) < 4.78 is 31.0. The third-order valence-corrected chi connectivity index (χ3v) is 18.1. The summed E-state index contributed by atoms with van der Waals surface area (Å²) in [6.07, 6.45) is 6.24. The van der Waals surface area contributed by atoms with Crippen LogP contribution in [-0.2, 0) is 66.8 Å². The average Bonchev–Trinajstić information content (AvgIpc) is 0.839. The van der Waals surface area contributed by atoms with Gasteiger partial charge in [-0.05, 0) is 196 Å². The molecule has 4 heterocycles. The van der Waals surface area contributed by atoms with Crippen LogP contribution in [0.25, 0.3) is 0 Å². The molecule has 0 aromatic heterocycles. The van der Waals surface area contributed by atoms with Crippen LogP contribution in [0.1, 0.15) is 200 Å². The van der Waals surface area contributed by atoms with Crippen molar-refractivity contribution < 1.29 is 96.5 Å². The van der Waals surface area contributed by atoms with Crippen LogP contribution in [-0.4, -0.2) is 262 Å². The van der Waals surface area contributed by atoms with Crippen molar-refractivity contribution in [3.8, 4) is 0 Å². The van der Waals surface area contributed by atoms with Gasteiger partial charge in [-0.2, -0.15) is 0 Å². The fraction of sp³-hybridized carbons (Fsp3) is 0.800. The Morgan fingerprint density at radius 2 is 0.602 bits per heavy atom. The second-order valence-corrected chi connectivity index (χ2v) is 30.5. The van der Waals surface area contributed by atoms with E-state index in [0.717, 1.165) is 25.7 Å². The van der Waals surface area contributed by atoms with Crippen LogP contribution < -0.4 is 66.3 Å². The molecule has 0 aromatic carbocycles. The van der Waals surface area contributed by atoms with Gasteiger partial charge in [0, 0.05) is 52.4 Å². The van der Waals surface area contributed by atoms with Crippen molar-refractivity contribution in [3.63, 3.8) is 0 Å². The number of nitrogens with one attached hydrogen (secondary N) is 6. The summed E-state index contributed by atoms with van der Waals surface area (Å²) in [7, 11) is 0. The van der Waals surface area contributed by atoms with E-state index in [1.807, 2.05) is 27.7 Å². The first-order valence-electron chi connectivity index (χ1n) is 39.5. The van der Waals surface area contributed by atoms with Crippen LogP contribution in [0.3, 0.4) is 0 Å². The lowest BCUT2D eigenvalue weighted by atomic mass is 9.91. The first kappa shape index (κ1) is 105. The normalized spacial score (nSPS) is 20.7. The number of rotatable bonds is 34. The van der Waals surface area contributed by atoms with Gasteiger partial charge in [-0.15, -0.1) is 0 Å². The molecule has 0 unspecified atom stereocenters. The molecule has 0 radical (unpaired) electrons. The predicted molar refractivity (Wildman–Crippen MR) is 428 cm³/mol. The lowest BCUT2D eigenvalue weighted by Crippen LogP contribution is -2.57. The van der Waals surface area contributed by atoms with Gasteiger partial charge in [-0.25, -0.2) is 69.2 Å². The summed E-state index contributed by atoms with van der Waals surface area (Å²) in [5.74, 6) is -3.35. The van der Waals surface area contributed by atoms with Gasteiger partial charge in [-0.1, -0.05) is 27.7 Å². The second-order valence-electron chi connectivity index (χ2n) is 30.5. The summed E-state index contributed by atoms with van der Waals surface area (Å²) in [5.41, 5.74) is 31.8. The van der Waals surface area contributed by atoms with E-state index in [-0.39, 0.29) is 99.8 Å². The van der Waals surface area contributed by atoms with Crippen LogP contribution in [0.2, 0.25) is 0 Å². The number of amides is 6. The average molecular weight is 1690 g/mol. The number of likely N-dealkylation sites (tertiary alicyclic amines) is 4. The number of piperidine rings is 4. The highest BCUT2D eigenvalue weighted by molar-refractivity contribution is 5.92. The van der Waals surface area contributed by atoms with Gasteiger partial charge >= 0.3 is 36.1 Å². The van der Waals surface area contributed by atoms with Gasteiger partial charge in [0.15, 0.2) is 20.1 Å². The monoisotopic (exact) mass is 1690 g/mol. The fourth-order valence-corrected chi connectivity index (χ4v) is 12.6. The zero-order valence-electron chi connectivity index (χ0n) is 70.4. The number of esters is 4. The lowest BCUT2D eigenvalue weighted by molar-refractivity contribution is -0.485. The number of alkyl carbamates (subject to hydrolysis) is 2. The highest BCUT2D eigenvalue weighted by atomic mass is 16.7. The van der Waals surface area contributed by atoms with E-state index < -0.39 is 128 Å². The van der Waals surface area contributed by atoms with Crippen LogP contribution in [0.4, 0.5) is 9.59 Å². The molecule has 0 bridgehead atoms. The molecule has 672 valence electrons. The molecule has 0 saturated carbocycles. The molecule has 0 aromatic rings. The first-order valence-corrected chi connectivity index (χ1v) is 39.5. The van der Waals surface area contributed by atoms with Crippen LogP contribution in [0, 0.1) is 64.1 Å². The molecule has 6 amide bonds. The van der Waals surface area contributed by atoms with Crippen molar-refractivity contribution in [1.29, 1.82) is 0 Å². The molecule has 4 aliphatic heterocycles. The van der Waals surface area contributed by atoms with Gasteiger partial charge in [0.25, 0.3) is 23.8 Å². The van der Waals surface area contributed by atoms with Gasteiger partial charge in [0.1, 0.15) is 67.9 Å². The minimum Gasteiger partial charge on any atom is -0.464 e. The third-order valence-electron chi connectivity index (χ3n) is 18.1. The summed E-state index contributed by atoms with van der Waals surface area (Å²) in [5, 5.41) is 64.5. The Labute approximate surface area is 686 Å². The van der Waals surface area contributed by atoms with Crippen molar-refractivity contribution in [2.24, 2.45) is 78.5 Å². The topological polar surface area (TPSA) is 689 Å². The quantitative estimate of drug-likeness (QED) is 0.00800. The zero-order chi connectivity index (χ0) is 89.7. The van der Waals surface area contributed by atoms with Crippen molar-refractivity contribution >= 4 is 83.5 Å². The third kappa shape index (κ3) is 42.7. The summed E-state index contributed by atoms with van der Waals surface area (Å²) >= 11 is 0. The maximum atomic E-state index is 13.4. The molecule has 118 heavy (non-hydrogen) atoms. The number of carbonyl (C=O) groups is 10. The standard InChI is InChI=1S/2C20H36N6O7.2C15H28N6O5/c2*1-6-32-17(28)15-12-13(2)9-11-25(15)16(27)14(23-19(29)33-20(3,4)5)8-7-10-22-18(21)24-26(30)31;2*1-3-26-14(23)12-9-10(2)6-8-20(12)13(22)11(16)5-4-7-18-15(17)19-21(24)25/h2*13-15H,6-12H2,1-5H3,(H,23,29)(H3,21,22,24);2*10-12H,3-9,16H2,1-2H3,(H3,17,18,19)/t13-,14+,15-;13-,14-,15-;10-,11+,12-;10-,11-,12-/m1010/s1. The number of nitro groups is 4. The Kier molecular flexibility index (Phi) is 48.0. The lowest BCUT2D eigenvalue weighted by Gasteiger charge is -2.38. The largest absolute Gasteiger partial charge is 0.464 e. The molecular weight excluding hydrogens is 1560 g/mol. The SMILES string of the molecule is CCOC(=O)[C@@H]1C[C@@H](C)CCN1C(=O)[C@@H](N)CCCN/C(N)=N\[N+](=O)[O-].CCOC(=O)[C@@H]1C[C@@H](C)CCN1C(=O)[C@H](CCCN/C(N)=N\[N+](=O)[O-])NC(=O)OC(C)(C)C.CCOC(=O)[C@H]1C[C@H](C)CCN1C(=O)[C@@H](N)CCCN/C(N)=N\[N+](=O)[O-].CCOC(=O)[C@H]1C[C@H](C)CCN1C(=O)[C@H](CCCN/C(N)=N\[N+](=O)[O-])NC(=O)OC(C)(C)C. The van der Waals surface area contributed by atoms with Gasteiger partial charge in [0.2, 0.25) is 23.6 Å². The number of hydrazone groups is 4. The van der Waals surface area contributed by atoms with E-state index in [1.54, 1.807) is 69.2 Å². The predicted octanol–water partition coefficient (Wildman–Crippen LogP) is 0.652. The summed E-state index contributed by atoms with van der Waals surface area (Å²) in [4.78, 5) is 173. The van der Waals surface area contributed by atoms with Crippen molar-refractivity contribution in [2.75, 3.05) is 78.8 Å². The molecule has 0 spiro atoms. The number of carbonyl (C=O) groups excluding carboxylic acids is 10. The Bertz CT molecular complexity index is 3200. The van der Waals surface area contributed by atoms with Gasteiger partial charge < -0.3 is 114 Å². The molecule has 12 atom stereocenters. The fourth-order valence-electron chi connectivity index (χ4n) is 12.6. The highest BCUT2D eigenvalue weighted by Crippen LogP contribution is 2.29. The van der Waals surface area contributed by atoms with E-state index in [1.165, 1.54) is 19.6 Å². The molecule has 18 N–H and O–H groups in total. The number of nitrogens with zero attached hydrogens (tertiary/aromatic N) is 12. The van der Waals surface area contributed by atoms with Gasteiger partial charge in [-0.3, -0.25) is 19.2 Å². The molecule has 48 heteroatoms. The first-order chi connectivity index (χ1) is 55.2. The Hall–Kier alpha value is -11.1. The molecule has 4 fully saturated rings. The number of hydrogen-bond donors (Lipinski definition) is 12. The van der Waals surface area contributed by atoms with Crippen LogP contribution >= 0.6 is 0 Å². The van der Waals surface area contributed by atoms with E-state index >= 15 is 0 Å². The van der Waals surface area contributed by atoms with E-state index in [0.29, 0.717) is 115 Å². The highest BCUT2D eigenvalue weighted by Gasteiger charge is 2.43. The number of guanidine groups is 4. The smallest absolute Gasteiger partial charge is 0.408 e. The van der Waals surface area contributed by atoms with Gasteiger partial charge in [0.05, 0.1) is 38.5 Å².